The summed E-state index contributed by atoms with van der Waals surface area (Å²) < 4.78 is 0. The van der Waals surface area contributed by atoms with Crippen LogP contribution in [-0.4, -0.2) is 27.0 Å². The Morgan fingerprint density at radius 1 is 1.41 bits per heavy atom. The first kappa shape index (κ1) is 15.3. The first-order valence-corrected chi connectivity index (χ1v) is 8.01. The number of hydrogen-bond donors (Lipinski definition) is 1. The second-order valence-electron chi connectivity index (χ2n) is 4.53. The number of nitrogens with zero attached hydrogens (tertiary/aromatic N) is 3. The van der Waals surface area contributed by atoms with Gasteiger partial charge >= 0.3 is 0 Å². The lowest BCUT2D eigenvalue weighted by Crippen LogP contribution is -2.35. The van der Waals surface area contributed by atoms with Crippen molar-refractivity contribution < 1.29 is 4.79 Å². The van der Waals surface area contributed by atoms with E-state index < -0.39 is 5.91 Å². The molecule has 3 rings (SSSR count). The van der Waals surface area contributed by atoms with Gasteiger partial charge in [-0.2, -0.15) is 15.1 Å². The molecule has 0 aliphatic carbocycles. The molecule has 0 saturated heterocycles. The first-order valence-electron chi connectivity index (χ1n) is 6.43. The minimum absolute atomic E-state index is 0.00281. The lowest BCUT2D eigenvalue weighted by molar-refractivity contribution is -0.114. The van der Waals surface area contributed by atoms with Crippen molar-refractivity contribution >= 4 is 63.0 Å². The molecule has 1 aromatic rings. The number of hydrazone groups is 1. The average molecular weight is 353 g/mol. The highest BCUT2D eigenvalue weighted by Crippen LogP contribution is 2.30. The summed E-state index contributed by atoms with van der Waals surface area (Å²) in [4.78, 5) is 16.2. The Balaban J connectivity index is 2.02. The van der Waals surface area contributed by atoms with Crippen LogP contribution in [0.15, 0.2) is 33.9 Å². The maximum absolute atomic E-state index is 12.2. The van der Waals surface area contributed by atoms with Gasteiger partial charge in [0, 0.05) is 10.0 Å². The topological polar surface area (TPSA) is 68.9 Å². The fourth-order valence-corrected chi connectivity index (χ4v) is 3.24. The van der Waals surface area contributed by atoms with Crippen LogP contribution in [0.1, 0.15) is 18.9 Å². The van der Waals surface area contributed by atoms with Gasteiger partial charge in [-0.25, -0.2) is 0 Å². The van der Waals surface area contributed by atoms with Gasteiger partial charge < -0.3 is 0 Å². The molecule has 2 aliphatic heterocycles. The Kier molecular flexibility index (Phi) is 4.08. The summed E-state index contributed by atoms with van der Waals surface area (Å²) in [5.74, 6) is -0.473. The van der Waals surface area contributed by atoms with Crippen LogP contribution in [0.2, 0.25) is 10.0 Å². The number of amides is 1. The number of benzene rings is 1. The molecular formula is C14H10Cl2N4OS. The van der Waals surface area contributed by atoms with Crippen LogP contribution in [-0.2, 0) is 4.79 Å². The molecule has 0 saturated carbocycles. The van der Waals surface area contributed by atoms with E-state index in [-0.39, 0.29) is 11.4 Å². The molecule has 0 unspecified atom stereocenters. The van der Waals surface area contributed by atoms with Crippen molar-refractivity contribution in [3.05, 3.63) is 39.4 Å². The molecule has 1 amide bonds. The smallest absolute Gasteiger partial charge is 0.282 e. The number of fused-ring (bicyclic) bond motifs is 1. The monoisotopic (exact) mass is 352 g/mol. The largest absolute Gasteiger partial charge is 0.283 e. The third-order valence-electron chi connectivity index (χ3n) is 3.06. The lowest BCUT2D eigenvalue weighted by atomic mass is 10.1. The van der Waals surface area contributed by atoms with Gasteiger partial charge in [0.25, 0.3) is 5.91 Å². The first-order chi connectivity index (χ1) is 10.5. The zero-order chi connectivity index (χ0) is 15.9. The Morgan fingerprint density at radius 3 is 2.86 bits per heavy atom. The second-order valence-corrected chi connectivity index (χ2v) is 6.42. The molecule has 2 aliphatic rings. The van der Waals surface area contributed by atoms with Crippen molar-refractivity contribution in [2.75, 3.05) is 0 Å². The molecule has 0 atom stereocenters. The van der Waals surface area contributed by atoms with Gasteiger partial charge in [-0.1, -0.05) is 36.2 Å². The maximum atomic E-state index is 12.2. The quantitative estimate of drug-likeness (QED) is 0.817. The highest BCUT2D eigenvalue weighted by Gasteiger charge is 2.35. The highest BCUT2D eigenvalue weighted by molar-refractivity contribution is 8.26. The Hall–Kier alpha value is -1.63. The molecule has 2 heterocycles. The predicted octanol–water partition coefficient (Wildman–Crippen LogP) is 4.02. The fourth-order valence-electron chi connectivity index (χ4n) is 1.95. The summed E-state index contributed by atoms with van der Waals surface area (Å²) in [6, 6.07) is 4.95. The average Bonchev–Trinajstić information content (AvgIpc) is 2.88. The number of hydrogen-bond acceptors (Lipinski definition) is 4. The highest BCUT2D eigenvalue weighted by atomic mass is 35.5. The van der Waals surface area contributed by atoms with E-state index in [0.717, 1.165) is 11.5 Å². The van der Waals surface area contributed by atoms with Crippen LogP contribution in [0.5, 0.6) is 0 Å². The lowest BCUT2D eigenvalue weighted by Gasteiger charge is -2.20. The zero-order valence-corrected chi connectivity index (χ0v) is 13.8. The summed E-state index contributed by atoms with van der Waals surface area (Å²) in [7, 11) is 0. The molecule has 8 heteroatoms. The molecular weight excluding hydrogens is 343 g/mol. The minimum atomic E-state index is -0.470. The van der Waals surface area contributed by atoms with Crippen LogP contribution in [0.25, 0.3) is 6.08 Å². The Labute approximate surface area is 141 Å². The van der Waals surface area contributed by atoms with Crippen molar-refractivity contribution in [3.8, 4) is 0 Å². The van der Waals surface area contributed by atoms with Gasteiger partial charge in [-0.3, -0.25) is 10.2 Å². The van der Waals surface area contributed by atoms with E-state index in [2.05, 4.69) is 10.1 Å². The molecule has 22 heavy (non-hydrogen) atoms. The number of halogens is 2. The SMILES string of the molecule is CCC1=NN2C(=N)/C(=C/c3ccc(Cl)cc3Cl)C(=O)N=C2S1. The van der Waals surface area contributed by atoms with E-state index >= 15 is 0 Å². The molecule has 1 N–H and O–H groups in total. The maximum Gasteiger partial charge on any atom is 0.283 e. The number of carbonyl (C=O) groups is 1. The zero-order valence-electron chi connectivity index (χ0n) is 11.4. The Morgan fingerprint density at radius 2 is 2.18 bits per heavy atom. The van der Waals surface area contributed by atoms with Crippen molar-refractivity contribution in [2.45, 2.75) is 13.3 Å². The number of rotatable bonds is 2. The molecule has 1 aromatic carbocycles. The third kappa shape index (κ3) is 2.69. The van der Waals surface area contributed by atoms with Crippen molar-refractivity contribution in [2.24, 2.45) is 10.1 Å². The molecule has 0 bridgehead atoms. The summed E-state index contributed by atoms with van der Waals surface area (Å²) in [6.07, 6.45) is 2.26. The van der Waals surface area contributed by atoms with Gasteiger partial charge in [-0.05, 0) is 42.0 Å². The van der Waals surface area contributed by atoms with Crippen LogP contribution in [0.3, 0.4) is 0 Å². The van der Waals surface area contributed by atoms with E-state index in [1.165, 1.54) is 22.8 Å². The number of aliphatic imine (C=N–C) groups is 1. The summed E-state index contributed by atoms with van der Waals surface area (Å²) >= 11 is 13.3. The van der Waals surface area contributed by atoms with Crippen molar-refractivity contribution in [1.29, 1.82) is 5.41 Å². The summed E-state index contributed by atoms with van der Waals surface area (Å²) in [6.45, 7) is 1.96. The number of thioether (sulfide) groups is 1. The molecule has 5 nitrogen and oxygen atoms in total. The summed E-state index contributed by atoms with van der Waals surface area (Å²) in [5.41, 5.74) is 0.749. The van der Waals surface area contributed by atoms with Crippen LogP contribution in [0, 0.1) is 5.41 Å². The van der Waals surface area contributed by atoms with Gasteiger partial charge in [-0.15, -0.1) is 0 Å². The van der Waals surface area contributed by atoms with Crippen molar-refractivity contribution in [1.82, 2.24) is 5.01 Å². The van der Waals surface area contributed by atoms with Crippen LogP contribution in [0.4, 0.5) is 0 Å². The van der Waals surface area contributed by atoms with Crippen LogP contribution >= 0.6 is 35.0 Å². The van der Waals surface area contributed by atoms with Gasteiger partial charge in [0.1, 0.15) is 5.04 Å². The standard InChI is InChI=1S/C14H10Cl2N4OS/c1-2-11-19-20-12(17)9(13(21)18-14(20)22-11)5-7-3-4-8(15)6-10(7)16/h3-6,17H,2H2,1H3/b9-5-,17-12?. The summed E-state index contributed by atoms with van der Waals surface area (Å²) in [5, 5.41) is 16.0. The van der Waals surface area contributed by atoms with Gasteiger partial charge in [0.05, 0.1) is 5.57 Å². The Bertz CT molecular complexity index is 785. The second kappa shape index (κ2) is 5.87. The third-order valence-corrected chi connectivity index (χ3v) is 4.68. The molecule has 112 valence electrons. The molecule has 0 fully saturated rings. The van der Waals surface area contributed by atoms with Gasteiger partial charge in [0.15, 0.2) is 5.84 Å². The molecule has 0 spiro atoms. The van der Waals surface area contributed by atoms with E-state index in [4.69, 9.17) is 28.6 Å². The predicted molar refractivity (Wildman–Crippen MR) is 91.8 cm³/mol. The van der Waals surface area contributed by atoms with E-state index in [0.29, 0.717) is 20.8 Å². The van der Waals surface area contributed by atoms with Crippen molar-refractivity contribution in [3.63, 3.8) is 0 Å². The van der Waals surface area contributed by atoms with Gasteiger partial charge in [0.2, 0.25) is 5.17 Å². The fraction of sp³-hybridized carbons (Fsp3) is 0.143. The van der Waals surface area contributed by atoms with E-state index in [9.17, 15) is 4.79 Å². The van der Waals surface area contributed by atoms with E-state index in [1.807, 2.05) is 6.92 Å². The molecule has 0 aromatic heterocycles. The van der Waals surface area contributed by atoms with Crippen LogP contribution < -0.4 is 0 Å². The molecule has 0 radical (unpaired) electrons. The number of nitrogens with one attached hydrogen (secondary N) is 1. The van der Waals surface area contributed by atoms with E-state index in [1.54, 1.807) is 18.2 Å². The minimum Gasteiger partial charge on any atom is -0.282 e. The normalized spacial score (nSPS) is 19.4. The number of carbonyl (C=O) groups excluding carboxylic acids is 1. The number of amidine groups is 2.